The summed E-state index contributed by atoms with van der Waals surface area (Å²) in [6.45, 7) is 3.08. The van der Waals surface area contributed by atoms with E-state index in [0.29, 0.717) is 34.9 Å². The number of anilines is 1. The Labute approximate surface area is 184 Å². The number of amides is 1. The molecule has 1 saturated heterocycles. The van der Waals surface area contributed by atoms with E-state index in [4.69, 9.17) is 9.15 Å². The zero-order valence-electron chi connectivity index (χ0n) is 18.0. The topological polar surface area (TPSA) is 100 Å². The number of carbonyl (C=O) groups excluding carboxylic acids is 1. The van der Waals surface area contributed by atoms with Crippen molar-refractivity contribution < 1.29 is 13.9 Å². The van der Waals surface area contributed by atoms with Gasteiger partial charge in [-0.1, -0.05) is 18.2 Å². The van der Waals surface area contributed by atoms with Gasteiger partial charge in [-0.15, -0.1) is 0 Å². The molecule has 1 aliphatic rings. The Morgan fingerprint density at radius 2 is 2.16 bits per heavy atom. The van der Waals surface area contributed by atoms with Crippen LogP contribution in [0, 0.1) is 6.92 Å². The number of furan rings is 1. The molecule has 0 spiro atoms. The lowest BCUT2D eigenvalue weighted by Gasteiger charge is -2.23. The lowest BCUT2D eigenvalue weighted by Crippen LogP contribution is -2.39. The molecule has 2 aromatic heterocycles. The number of H-pyrrole nitrogens is 1. The summed E-state index contributed by atoms with van der Waals surface area (Å²) in [6.07, 6.45) is 1.63. The summed E-state index contributed by atoms with van der Waals surface area (Å²) >= 11 is 0. The van der Waals surface area contributed by atoms with E-state index in [2.05, 4.69) is 15.3 Å². The summed E-state index contributed by atoms with van der Waals surface area (Å²) in [4.78, 5) is 35.2. The van der Waals surface area contributed by atoms with Gasteiger partial charge in [0.15, 0.2) is 0 Å². The van der Waals surface area contributed by atoms with Crippen LogP contribution in [-0.4, -0.2) is 40.5 Å². The fourth-order valence-electron chi connectivity index (χ4n) is 4.36. The standard InChI is InChI=1S/C24H24N4O4/c1-14-9-10-19(31-2)16(12-14)25-23(29)17-7-5-11-28(17)13-20-26-21-15-6-3-4-8-18(15)32-22(21)24(30)27-20/h3-4,6,8-10,12,17H,5,7,11,13H2,1-2H3,(H,25,29)(H,26,27,30). The van der Waals surface area contributed by atoms with Crippen LogP contribution in [0.15, 0.2) is 51.7 Å². The lowest BCUT2D eigenvalue weighted by atomic mass is 10.1. The SMILES string of the molecule is COc1ccc(C)cc1NC(=O)C1CCCN1Cc1nc2c(oc3ccccc32)c(=O)[nH]1. The minimum atomic E-state index is -0.317. The average Bonchev–Trinajstić information content (AvgIpc) is 3.39. The minimum Gasteiger partial charge on any atom is -0.495 e. The van der Waals surface area contributed by atoms with Crippen molar-refractivity contribution in [1.82, 2.24) is 14.9 Å². The van der Waals surface area contributed by atoms with Crippen molar-refractivity contribution in [1.29, 1.82) is 0 Å². The van der Waals surface area contributed by atoms with Crippen LogP contribution >= 0.6 is 0 Å². The molecule has 1 unspecified atom stereocenters. The number of benzene rings is 2. The van der Waals surface area contributed by atoms with Crippen LogP contribution in [0.25, 0.3) is 22.1 Å². The maximum atomic E-state index is 13.1. The first-order valence-corrected chi connectivity index (χ1v) is 10.6. The summed E-state index contributed by atoms with van der Waals surface area (Å²) in [7, 11) is 1.58. The van der Waals surface area contributed by atoms with Gasteiger partial charge in [-0.05, 0) is 56.1 Å². The highest BCUT2D eigenvalue weighted by molar-refractivity contribution is 6.01. The van der Waals surface area contributed by atoms with Crippen LogP contribution < -0.4 is 15.6 Å². The van der Waals surface area contributed by atoms with E-state index in [1.807, 2.05) is 54.3 Å². The Bertz CT molecular complexity index is 1370. The molecule has 3 heterocycles. The molecule has 0 radical (unpaired) electrons. The molecule has 1 atom stereocenters. The number of aryl methyl sites for hydroxylation is 1. The highest BCUT2D eigenvalue weighted by Gasteiger charge is 2.32. The number of nitrogens with zero attached hydrogens (tertiary/aromatic N) is 2. The molecule has 1 fully saturated rings. The van der Waals surface area contributed by atoms with Gasteiger partial charge in [-0.3, -0.25) is 14.5 Å². The van der Waals surface area contributed by atoms with Gasteiger partial charge in [0.25, 0.3) is 5.56 Å². The molecule has 1 aliphatic heterocycles. The molecule has 4 aromatic rings. The fraction of sp³-hybridized carbons (Fsp3) is 0.292. The smallest absolute Gasteiger partial charge is 0.294 e. The first-order valence-electron chi connectivity index (χ1n) is 10.6. The molecule has 164 valence electrons. The summed E-state index contributed by atoms with van der Waals surface area (Å²) in [5.74, 6) is 1.04. The Hall–Kier alpha value is -3.65. The third kappa shape index (κ3) is 3.62. The predicted octanol–water partition coefficient (Wildman–Crippen LogP) is 3.59. The van der Waals surface area contributed by atoms with Gasteiger partial charge in [0.05, 0.1) is 25.4 Å². The second-order valence-corrected chi connectivity index (χ2v) is 8.11. The number of fused-ring (bicyclic) bond motifs is 3. The summed E-state index contributed by atoms with van der Waals surface area (Å²) < 4.78 is 11.1. The van der Waals surface area contributed by atoms with Crippen molar-refractivity contribution in [3.05, 3.63) is 64.2 Å². The Kier molecular flexibility index (Phi) is 5.14. The Morgan fingerprint density at radius 1 is 1.31 bits per heavy atom. The van der Waals surface area contributed by atoms with Gasteiger partial charge in [0.1, 0.15) is 22.7 Å². The number of aromatic amines is 1. The number of ether oxygens (including phenoxy) is 1. The lowest BCUT2D eigenvalue weighted by molar-refractivity contribution is -0.120. The van der Waals surface area contributed by atoms with Crippen molar-refractivity contribution in [3.8, 4) is 5.75 Å². The second kappa shape index (κ2) is 8.12. The predicted molar refractivity (Wildman–Crippen MR) is 122 cm³/mol. The number of likely N-dealkylation sites (tertiary alicyclic amines) is 1. The quantitative estimate of drug-likeness (QED) is 0.500. The molecule has 8 heteroatoms. The number of aromatic nitrogens is 2. The zero-order chi connectivity index (χ0) is 22.2. The van der Waals surface area contributed by atoms with Gasteiger partial charge in [0, 0.05) is 5.39 Å². The number of hydrogen-bond donors (Lipinski definition) is 2. The summed E-state index contributed by atoms with van der Waals surface area (Å²) in [5.41, 5.74) is 2.77. The van der Waals surface area contributed by atoms with E-state index in [9.17, 15) is 9.59 Å². The zero-order valence-corrected chi connectivity index (χ0v) is 18.0. The summed E-state index contributed by atoms with van der Waals surface area (Å²) in [5, 5.41) is 3.81. The van der Waals surface area contributed by atoms with Crippen molar-refractivity contribution in [3.63, 3.8) is 0 Å². The third-order valence-electron chi connectivity index (χ3n) is 5.91. The van der Waals surface area contributed by atoms with E-state index in [1.165, 1.54) is 0 Å². The van der Waals surface area contributed by atoms with Crippen molar-refractivity contribution in [2.75, 3.05) is 19.0 Å². The molecule has 2 N–H and O–H groups in total. The molecular weight excluding hydrogens is 408 g/mol. The van der Waals surface area contributed by atoms with E-state index in [-0.39, 0.29) is 23.1 Å². The van der Waals surface area contributed by atoms with Crippen LogP contribution in [-0.2, 0) is 11.3 Å². The monoisotopic (exact) mass is 432 g/mol. The molecule has 0 saturated carbocycles. The number of nitrogens with one attached hydrogen (secondary N) is 2. The largest absolute Gasteiger partial charge is 0.495 e. The molecule has 32 heavy (non-hydrogen) atoms. The highest BCUT2D eigenvalue weighted by atomic mass is 16.5. The van der Waals surface area contributed by atoms with Gasteiger partial charge in [-0.25, -0.2) is 4.98 Å². The van der Waals surface area contributed by atoms with E-state index >= 15 is 0 Å². The van der Waals surface area contributed by atoms with Gasteiger partial charge in [0.2, 0.25) is 11.5 Å². The van der Waals surface area contributed by atoms with Crippen LogP contribution in [0.3, 0.4) is 0 Å². The van der Waals surface area contributed by atoms with Crippen LogP contribution in [0.2, 0.25) is 0 Å². The molecule has 5 rings (SSSR count). The van der Waals surface area contributed by atoms with Crippen LogP contribution in [0.4, 0.5) is 5.69 Å². The van der Waals surface area contributed by atoms with Gasteiger partial charge < -0.3 is 19.5 Å². The average molecular weight is 432 g/mol. The summed E-state index contributed by atoms with van der Waals surface area (Å²) in [6, 6.07) is 12.8. The van der Waals surface area contributed by atoms with E-state index in [0.717, 1.165) is 30.3 Å². The van der Waals surface area contributed by atoms with Crippen molar-refractivity contribution in [2.24, 2.45) is 0 Å². The number of methoxy groups -OCH3 is 1. The first kappa shape index (κ1) is 20.3. The fourth-order valence-corrected chi connectivity index (χ4v) is 4.36. The number of hydrogen-bond acceptors (Lipinski definition) is 6. The van der Waals surface area contributed by atoms with Crippen LogP contribution in [0.1, 0.15) is 24.2 Å². The minimum absolute atomic E-state index is 0.0939. The Balaban J connectivity index is 1.40. The van der Waals surface area contributed by atoms with Gasteiger partial charge >= 0.3 is 0 Å². The van der Waals surface area contributed by atoms with Crippen LogP contribution in [0.5, 0.6) is 5.75 Å². The maximum Gasteiger partial charge on any atom is 0.294 e. The Morgan fingerprint density at radius 3 is 3.00 bits per heavy atom. The molecule has 0 aliphatic carbocycles. The molecular formula is C24H24N4O4. The molecule has 1 amide bonds. The normalized spacial score (nSPS) is 16.6. The highest BCUT2D eigenvalue weighted by Crippen LogP contribution is 2.28. The maximum absolute atomic E-state index is 13.1. The van der Waals surface area contributed by atoms with Gasteiger partial charge in [-0.2, -0.15) is 0 Å². The second-order valence-electron chi connectivity index (χ2n) is 8.11. The van der Waals surface area contributed by atoms with Crippen molar-refractivity contribution in [2.45, 2.75) is 32.4 Å². The first-order chi connectivity index (χ1) is 15.5. The third-order valence-corrected chi connectivity index (χ3v) is 5.91. The van der Waals surface area contributed by atoms with E-state index < -0.39 is 0 Å². The molecule has 2 aromatic carbocycles. The van der Waals surface area contributed by atoms with Crippen molar-refractivity contribution >= 4 is 33.7 Å². The van der Waals surface area contributed by atoms with E-state index in [1.54, 1.807) is 7.11 Å². The number of para-hydroxylation sites is 1. The molecule has 8 nitrogen and oxygen atoms in total. The number of carbonyl (C=O) groups is 1. The number of rotatable bonds is 5. The molecule has 0 bridgehead atoms.